The smallest absolute Gasteiger partial charge is 0.251 e. The van der Waals surface area contributed by atoms with E-state index in [0.717, 1.165) is 12.1 Å². The minimum absolute atomic E-state index is 0.00820. The van der Waals surface area contributed by atoms with Crippen LogP contribution in [0.4, 0.5) is 5.69 Å². The standard InChI is InChI=1S/C14H21N3O2/c1-4-9-15-13(18)10-16-14(19)11-5-7-12(8-6-11)17(2)3/h5-8H,4,9-10H2,1-3H3,(H,15,18)(H,16,19). The van der Waals surface area contributed by atoms with E-state index in [1.807, 2.05) is 38.1 Å². The Labute approximate surface area is 114 Å². The SMILES string of the molecule is CCCNC(=O)CNC(=O)c1ccc(N(C)C)cc1. The van der Waals surface area contributed by atoms with Gasteiger partial charge >= 0.3 is 0 Å². The number of hydrogen-bond acceptors (Lipinski definition) is 3. The molecule has 0 spiro atoms. The van der Waals surface area contributed by atoms with Crippen molar-refractivity contribution in [3.05, 3.63) is 29.8 Å². The van der Waals surface area contributed by atoms with Crippen LogP contribution in [-0.2, 0) is 4.79 Å². The molecule has 5 nitrogen and oxygen atoms in total. The van der Waals surface area contributed by atoms with E-state index in [4.69, 9.17) is 0 Å². The summed E-state index contributed by atoms with van der Waals surface area (Å²) >= 11 is 0. The van der Waals surface area contributed by atoms with E-state index in [-0.39, 0.29) is 18.4 Å². The average Bonchev–Trinajstić information content (AvgIpc) is 2.42. The normalized spacial score (nSPS) is 9.84. The number of amides is 2. The van der Waals surface area contributed by atoms with Crippen LogP contribution in [0, 0.1) is 0 Å². The lowest BCUT2D eigenvalue weighted by molar-refractivity contribution is -0.120. The molecule has 0 heterocycles. The lowest BCUT2D eigenvalue weighted by atomic mass is 10.2. The maximum Gasteiger partial charge on any atom is 0.251 e. The van der Waals surface area contributed by atoms with Crippen molar-refractivity contribution in [2.75, 3.05) is 32.1 Å². The second-order valence-corrected chi connectivity index (χ2v) is 4.47. The highest BCUT2D eigenvalue weighted by molar-refractivity contribution is 5.96. The molecule has 0 aliphatic carbocycles. The molecule has 1 aromatic rings. The van der Waals surface area contributed by atoms with Gasteiger partial charge in [-0.3, -0.25) is 9.59 Å². The predicted molar refractivity (Wildman–Crippen MR) is 76.4 cm³/mol. The number of anilines is 1. The van der Waals surface area contributed by atoms with Gasteiger partial charge in [-0.15, -0.1) is 0 Å². The van der Waals surface area contributed by atoms with E-state index < -0.39 is 0 Å². The Balaban J connectivity index is 2.47. The number of carbonyl (C=O) groups excluding carboxylic acids is 2. The molecule has 0 aliphatic rings. The maximum absolute atomic E-state index is 11.8. The summed E-state index contributed by atoms with van der Waals surface area (Å²) in [6.07, 6.45) is 0.881. The average molecular weight is 263 g/mol. The first-order chi connectivity index (χ1) is 9.04. The zero-order valence-corrected chi connectivity index (χ0v) is 11.7. The fraction of sp³-hybridized carbons (Fsp3) is 0.429. The molecule has 0 bridgehead atoms. The van der Waals surface area contributed by atoms with E-state index in [0.29, 0.717) is 12.1 Å². The Morgan fingerprint density at radius 1 is 1.11 bits per heavy atom. The van der Waals surface area contributed by atoms with Crippen LogP contribution in [-0.4, -0.2) is 39.0 Å². The minimum Gasteiger partial charge on any atom is -0.378 e. The van der Waals surface area contributed by atoms with Gasteiger partial charge < -0.3 is 15.5 Å². The van der Waals surface area contributed by atoms with Crippen LogP contribution in [0.5, 0.6) is 0 Å². The van der Waals surface area contributed by atoms with Crippen molar-refractivity contribution < 1.29 is 9.59 Å². The summed E-state index contributed by atoms with van der Waals surface area (Å²) < 4.78 is 0. The van der Waals surface area contributed by atoms with E-state index in [2.05, 4.69) is 10.6 Å². The fourth-order valence-corrected chi connectivity index (χ4v) is 1.50. The monoisotopic (exact) mass is 263 g/mol. The summed E-state index contributed by atoms with van der Waals surface area (Å²) in [5.41, 5.74) is 1.58. The lowest BCUT2D eigenvalue weighted by Gasteiger charge is -2.12. The van der Waals surface area contributed by atoms with Gasteiger partial charge in [0, 0.05) is 31.9 Å². The third kappa shape index (κ3) is 4.99. The molecule has 0 saturated heterocycles. The van der Waals surface area contributed by atoms with Gasteiger partial charge in [-0.25, -0.2) is 0 Å². The summed E-state index contributed by atoms with van der Waals surface area (Å²) in [5, 5.41) is 5.29. The van der Waals surface area contributed by atoms with E-state index in [1.54, 1.807) is 12.1 Å². The summed E-state index contributed by atoms with van der Waals surface area (Å²) in [7, 11) is 3.88. The summed E-state index contributed by atoms with van der Waals surface area (Å²) in [4.78, 5) is 25.1. The molecule has 0 atom stereocenters. The Bertz CT molecular complexity index is 427. The van der Waals surface area contributed by atoms with Gasteiger partial charge in [-0.1, -0.05) is 6.92 Å². The lowest BCUT2D eigenvalue weighted by Crippen LogP contribution is -2.37. The highest BCUT2D eigenvalue weighted by Crippen LogP contribution is 2.11. The third-order valence-corrected chi connectivity index (χ3v) is 2.63. The Morgan fingerprint density at radius 2 is 1.74 bits per heavy atom. The van der Waals surface area contributed by atoms with Crippen molar-refractivity contribution in [1.29, 1.82) is 0 Å². The highest BCUT2D eigenvalue weighted by Gasteiger charge is 2.07. The largest absolute Gasteiger partial charge is 0.378 e. The van der Waals surface area contributed by atoms with Crippen LogP contribution in [0.3, 0.4) is 0 Å². The van der Waals surface area contributed by atoms with Crippen LogP contribution in [0.2, 0.25) is 0 Å². The fourth-order valence-electron chi connectivity index (χ4n) is 1.50. The molecule has 0 radical (unpaired) electrons. The number of hydrogen-bond donors (Lipinski definition) is 2. The first-order valence-corrected chi connectivity index (χ1v) is 6.37. The van der Waals surface area contributed by atoms with Crippen LogP contribution in [0.15, 0.2) is 24.3 Å². The molecule has 104 valence electrons. The van der Waals surface area contributed by atoms with Crippen molar-refractivity contribution in [2.24, 2.45) is 0 Å². The second kappa shape index (κ2) is 7.41. The van der Waals surface area contributed by atoms with Gasteiger partial charge in [-0.05, 0) is 30.7 Å². The van der Waals surface area contributed by atoms with Gasteiger partial charge in [-0.2, -0.15) is 0 Å². The second-order valence-electron chi connectivity index (χ2n) is 4.47. The number of nitrogens with one attached hydrogen (secondary N) is 2. The molecule has 2 N–H and O–H groups in total. The number of carbonyl (C=O) groups is 2. The molecule has 5 heteroatoms. The topological polar surface area (TPSA) is 61.4 Å². The van der Waals surface area contributed by atoms with Crippen molar-refractivity contribution in [3.8, 4) is 0 Å². The Hall–Kier alpha value is -2.04. The number of rotatable bonds is 6. The van der Waals surface area contributed by atoms with Gasteiger partial charge in [0.1, 0.15) is 0 Å². The molecular weight excluding hydrogens is 242 g/mol. The Kier molecular flexibility index (Phi) is 5.85. The van der Waals surface area contributed by atoms with Crippen molar-refractivity contribution in [2.45, 2.75) is 13.3 Å². The van der Waals surface area contributed by atoms with Crippen molar-refractivity contribution in [1.82, 2.24) is 10.6 Å². The van der Waals surface area contributed by atoms with Crippen LogP contribution >= 0.6 is 0 Å². The van der Waals surface area contributed by atoms with Gasteiger partial charge in [0.05, 0.1) is 6.54 Å². The molecule has 1 aromatic carbocycles. The highest BCUT2D eigenvalue weighted by atomic mass is 16.2. The minimum atomic E-state index is -0.239. The number of nitrogens with zero attached hydrogens (tertiary/aromatic N) is 1. The molecule has 0 saturated carbocycles. The van der Waals surface area contributed by atoms with Crippen molar-refractivity contribution in [3.63, 3.8) is 0 Å². The number of benzene rings is 1. The molecule has 1 rings (SSSR count). The Morgan fingerprint density at radius 3 is 2.26 bits per heavy atom. The van der Waals surface area contributed by atoms with Gasteiger partial charge in [0.25, 0.3) is 5.91 Å². The zero-order chi connectivity index (χ0) is 14.3. The first-order valence-electron chi connectivity index (χ1n) is 6.37. The van der Waals surface area contributed by atoms with Crippen LogP contribution in [0.25, 0.3) is 0 Å². The van der Waals surface area contributed by atoms with E-state index >= 15 is 0 Å². The van der Waals surface area contributed by atoms with E-state index in [9.17, 15) is 9.59 Å². The zero-order valence-electron chi connectivity index (χ0n) is 11.7. The van der Waals surface area contributed by atoms with Gasteiger partial charge in [0.15, 0.2) is 0 Å². The summed E-state index contributed by atoms with van der Waals surface area (Å²) in [5.74, 6) is -0.405. The van der Waals surface area contributed by atoms with E-state index in [1.165, 1.54) is 0 Å². The summed E-state index contributed by atoms with van der Waals surface area (Å²) in [6.45, 7) is 2.62. The molecule has 0 aliphatic heterocycles. The third-order valence-electron chi connectivity index (χ3n) is 2.63. The first kappa shape index (κ1) is 15.0. The van der Waals surface area contributed by atoms with Gasteiger partial charge in [0.2, 0.25) is 5.91 Å². The molecule has 0 unspecified atom stereocenters. The quantitative estimate of drug-likeness (QED) is 0.805. The molecule has 2 amide bonds. The molecule has 0 fully saturated rings. The molecule has 0 aromatic heterocycles. The van der Waals surface area contributed by atoms with Crippen LogP contribution in [0.1, 0.15) is 23.7 Å². The molecular formula is C14H21N3O2. The predicted octanol–water partition coefficient (Wildman–Crippen LogP) is 1.01. The summed E-state index contributed by atoms with van der Waals surface area (Å²) in [6, 6.07) is 7.22. The van der Waals surface area contributed by atoms with Crippen LogP contribution < -0.4 is 15.5 Å². The molecule has 19 heavy (non-hydrogen) atoms. The maximum atomic E-state index is 11.8. The van der Waals surface area contributed by atoms with Crippen molar-refractivity contribution >= 4 is 17.5 Å².